The fourth-order valence-corrected chi connectivity index (χ4v) is 2.18. The third-order valence-corrected chi connectivity index (χ3v) is 3.52. The molecule has 0 aliphatic carbocycles. The monoisotopic (exact) mass is 388 g/mol. The van der Waals surface area contributed by atoms with Crippen LogP contribution in [-0.2, 0) is 0 Å². The Hall–Kier alpha value is -0.910. The number of carbonyl (C=O) groups excluding carboxylic acids is 1. The molecule has 1 aromatic heterocycles. The van der Waals surface area contributed by atoms with E-state index in [9.17, 15) is 4.79 Å². The molecule has 0 aliphatic rings. The van der Waals surface area contributed by atoms with Gasteiger partial charge in [0.05, 0.1) is 5.69 Å². The molecule has 0 atom stereocenters. The Balaban J connectivity index is 2.24. The molecule has 2 rings (SSSR count). The van der Waals surface area contributed by atoms with Gasteiger partial charge in [-0.15, -0.1) is 0 Å². The Morgan fingerprint density at radius 3 is 2.72 bits per heavy atom. The number of amides is 1. The Morgan fingerprint density at radius 1 is 1.22 bits per heavy atom. The first kappa shape index (κ1) is 13.5. The average Bonchev–Trinajstić information content (AvgIpc) is 2.34. The Morgan fingerprint density at radius 2 is 2.00 bits per heavy atom. The molecule has 6 heteroatoms. The van der Waals surface area contributed by atoms with Crippen molar-refractivity contribution < 1.29 is 4.79 Å². The standard InChI is InChI=1S/C12H7Br2ClN2O/c13-7-4-5-8(14)10(6-7)17-12(18)9-2-1-3-11(15)16-9/h1-6H,(H,17,18). The lowest BCUT2D eigenvalue weighted by atomic mass is 10.3. The molecule has 1 aromatic carbocycles. The second-order valence-electron chi connectivity index (χ2n) is 3.42. The van der Waals surface area contributed by atoms with Crippen molar-refractivity contribution in [3.05, 3.63) is 56.2 Å². The molecule has 0 fully saturated rings. The summed E-state index contributed by atoms with van der Waals surface area (Å²) in [5, 5.41) is 3.05. The quantitative estimate of drug-likeness (QED) is 0.767. The molecule has 0 spiro atoms. The molecule has 0 saturated carbocycles. The minimum Gasteiger partial charge on any atom is -0.320 e. The van der Waals surface area contributed by atoms with Crippen molar-refractivity contribution in [3.8, 4) is 0 Å². The van der Waals surface area contributed by atoms with Crippen LogP contribution in [-0.4, -0.2) is 10.9 Å². The molecule has 0 bridgehead atoms. The highest BCUT2D eigenvalue weighted by atomic mass is 79.9. The van der Waals surface area contributed by atoms with E-state index in [1.54, 1.807) is 24.3 Å². The van der Waals surface area contributed by atoms with Gasteiger partial charge in [0.15, 0.2) is 0 Å². The maximum absolute atomic E-state index is 12.0. The Bertz CT molecular complexity index is 604. The van der Waals surface area contributed by atoms with Gasteiger partial charge in [-0.2, -0.15) is 0 Å². The molecule has 0 radical (unpaired) electrons. The molecule has 1 heterocycles. The SMILES string of the molecule is O=C(Nc1cc(Br)ccc1Br)c1cccc(Cl)n1. The summed E-state index contributed by atoms with van der Waals surface area (Å²) >= 11 is 12.4. The lowest BCUT2D eigenvalue weighted by molar-refractivity contribution is 0.102. The second kappa shape index (κ2) is 5.82. The lowest BCUT2D eigenvalue weighted by Gasteiger charge is -2.07. The van der Waals surface area contributed by atoms with Gasteiger partial charge in [-0.3, -0.25) is 4.79 Å². The van der Waals surface area contributed by atoms with E-state index in [1.807, 2.05) is 12.1 Å². The van der Waals surface area contributed by atoms with Crippen LogP contribution in [0.1, 0.15) is 10.5 Å². The van der Waals surface area contributed by atoms with Gasteiger partial charge in [0, 0.05) is 8.95 Å². The molecule has 1 N–H and O–H groups in total. The number of nitrogens with one attached hydrogen (secondary N) is 1. The van der Waals surface area contributed by atoms with Crippen molar-refractivity contribution in [2.75, 3.05) is 5.32 Å². The van der Waals surface area contributed by atoms with Gasteiger partial charge >= 0.3 is 0 Å². The maximum Gasteiger partial charge on any atom is 0.274 e. The predicted octanol–water partition coefficient (Wildman–Crippen LogP) is 4.51. The van der Waals surface area contributed by atoms with Crippen LogP contribution < -0.4 is 5.32 Å². The Kier molecular flexibility index (Phi) is 4.37. The number of halogens is 3. The van der Waals surface area contributed by atoms with Gasteiger partial charge < -0.3 is 5.32 Å². The molecule has 18 heavy (non-hydrogen) atoms. The van der Waals surface area contributed by atoms with Gasteiger partial charge in [-0.25, -0.2) is 4.98 Å². The molecule has 2 aromatic rings. The van der Waals surface area contributed by atoms with E-state index in [1.165, 1.54) is 0 Å². The number of hydrogen-bond donors (Lipinski definition) is 1. The van der Waals surface area contributed by atoms with Crippen molar-refractivity contribution in [2.45, 2.75) is 0 Å². The maximum atomic E-state index is 12.0. The third kappa shape index (κ3) is 3.31. The van der Waals surface area contributed by atoms with E-state index < -0.39 is 0 Å². The minimum absolute atomic E-state index is 0.273. The van der Waals surface area contributed by atoms with Gasteiger partial charge in [0.2, 0.25) is 0 Å². The van der Waals surface area contributed by atoms with Gasteiger partial charge in [0.1, 0.15) is 10.8 Å². The number of anilines is 1. The van der Waals surface area contributed by atoms with Crippen molar-refractivity contribution in [1.82, 2.24) is 4.98 Å². The zero-order valence-electron chi connectivity index (χ0n) is 8.95. The molecular formula is C12H7Br2ClN2O. The molecule has 1 amide bonds. The van der Waals surface area contributed by atoms with Crippen LogP contribution in [0.3, 0.4) is 0 Å². The van der Waals surface area contributed by atoms with E-state index in [-0.39, 0.29) is 16.8 Å². The Labute approximate surface area is 126 Å². The normalized spacial score (nSPS) is 10.2. The van der Waals surface area contributed by atoms with Crippen LogP contribution in [0.25, 0.3) is 0 Å². The van der Waals surface area contributed by atoms with Gasteiger partial charge in [-0.1, -0.05) is 33.6 Å². The topological polar surface area (TPSA) is 42.0 Å². The molecular weight excluding hydrogens is 383 g/mol. The van der Waals surface area contributed by atoms with E-state index in [0.29, 0.717) is 5.69 Å². The number of nitrogens with zero attached hydrogens (tertiary/aromatic N) is 1. The van der Waals surface area contributed by atoms with E-state index in [4.69, 9.17) is 11.6 Å². The minimum atomic E-state index is -0.309. The summed E-state index contributed by atoms with van der Waals surface area (Å²) in [4.78, 5) is 15.9. The summed E-state index contributed by atoms with van der Waals surface area (Å²) in [6, 6.07) is 10.4. The number of aromatic nitrogens is 1. The highest BCUT2D eigenvalue weighted by molar-refractivity contribution is 9.11. The summed E-state index contributed by atoms with van der Waals surface area (Å²) in [6.45, 7) is 0. The third-order valence-electron chi connectivity index (χ3n) is 2.12. The fourth-order valence-electron chi connectivity index (χ4n) is 1.31. The zero-order valence-corrected chi connectivity index (χ0v) is 12.9. The zero-order chi connectivity index (χ0) is 13.1. The van der Waals surface area contributed by atoms with Gasteiger partial charge in [-0.05, 0) is 46.3 Å². The molecule has 0 aliphatic heterocycles. The number of carbonyl (C=O) groups is 1. The number of pyridine rings is 1. The predicted molar refractivity (Wildman–Crippen MR) is 79.0 cm³/mol. The van der Waals surface area contributed by atoms with Crippen LogP contribution in [0.15, 0.2) is 45.3 Å². The first-order chi connectivity index (χ1) is 8.56. The van der Waals surface area contributed by atoms with E-state index >= 15 is 0 Å². The molecule has 3 nitrogen and oxygen atoms in total. The van der Waals surface area contributed by atoms with Crippen molar-refractivity contribution in [3.63, 3.8) is 0 Å². The van der Waals surface area contributed by atoms with Crippen LogP contribution in [0.2, 0.25) is 5.15 Å². The second-order valence-corrected chi connectivity index (χ2v) is 5.58. The first-order valence-corrected chi connectivity index (χ1v) is 6.91. The number of benzene rings is 1. The van der Waals surface area contributed by atoms with Crippen LogP contribution in [0, 0.1) is 0 Å². The van der Waals surface area contributed by atoms with Crippen LogP contribution in [0.4, 0.5) is 5.69 Å². The largest absolute Gasteiger partial charge is 0.320 e. The molecule has 92 valence electrons. The van der Waals surface area contributed by atoms with Crippen molar-refractivity contribution >= 4 is 55.1 Å². The molecule has 0 unspecified atom stereocenters. The fraction of sp³-hybridized carbons (Fsp3) is 0. The summed E-state index contributed by atoms with van der Waals surface area (Å²) in [7, 11) is 0. The smallest absolute Gasteiger partial charge is 0.274 e. The van der Waals surface area contributed by atoms with Gasteiger partial charge in [0.25, 0.3) is 5.91 Å². The van der Waals surface area contributed by atoms with Crippen molar-refractivity contribution in [1.29, 1.82) is 0 Å². The summed E-state index contributed by atoms with van der Waals surface area (Å²) < 4.78 is 1.67. The average molecular weight is 390 g/mol. The summed E-state index contributed by atoms with van der Waals surface area (Å²) in [6.07, 6.45) is 0. The summed E-state index contributed by atoms with van der Waals surface area (Å²) in [5.74, 6) is -0.309. The van der Waals surface area contributed by atoms with E-state index in [2.05, 4.69) is 42.2 Å². The first-order valence-electron chi connectivity index (χ1n) is 4.95. The molecule has 0 saturated heterocycles. The van der Waals surface area contributed by atoms with Crippen molar-refractivity contribution in [2.24, 2.45) is 0 Å². The number of hydrogen-bond acceptors (Lipinski definition) is 2. The van der Waals surface area contributed by atoms with Crippen LogP contribution >= 0.6 is 43.5 Å². The summed E-state index contributed by atoms with van der Waals surface area (Å²) in [5.41, 5.74) is 0.936. The van der Waals surface area contributed by atoms with E-state index in [0.717, 1.165) is 8.95 Å². The highest BCUT2D eigenvalue weighted by Gasteiger charge is 2.10. The number of rotatable bonds is 2. The highest BCUT2D eigenvalue weighted by Crippen LogP contribution is 2.26. The van der Waals surface area contributed by atoms with Crippen LogP contribution in [0.5, 0.6) is 0 Å². The lowest BCUT2D eigenvalue weighted by Crippen LogP contribution is -2.13.